The van der Waals surface area contributed by atoms with Gasteiger partial charge in [-0.25, -0.2) is 0 Å². The molecule has 0 saturated carbocycles. The smallest absolute Gasteiger partial charge is 0.233 e. The molecule has 0 aliphatic carbocycles. The van der Waals surface area contributed by atoms with Crippen LogP contribution in [0.15, 0.2) is 6.20 Å². The van der Waals surface area contributed by atoms with E-state index in [0.29, 0.717) is 11.9 Å². The number of aromatic nitrogens is 5. The third-order valence-electron chi connectivity index (χ3n) is 3.13. The largest absolute Gasteiger partial charge is 0.341 e. The number of anilines is 3. The Kier molecular flexibility index (Phi) is 4.95. The quantitative estimate of drug-likeness (QED) is 0.883. The monoisotopic (exact) mass is 309 g/mol. The van der Waals surface area contributed by atoms with Gasteiger partial charge in [0, 0.05) is 26.3 Å². The Morgan fingerprint density at radius 2 is 1.90 bits per heavy atom. The summed E-state index contributed by atoms with van der Waals surface area (Å²) in [6.07, 6.45) is 2.72. The minimum Gasteiger partial charge on any atom is -0.341 e. The molecule has 0 atom stereocenters. The Morgan fingerprint density at radius 3 is 2.52 bits per heavy atom. The Hall–Kier alpha value is -1.89. The van der Waals surface area contributed by atoms with Crippen molar-refractivity contribution in [2.24, 2.45) is 7.05 Å². The molecule has 21 heavy (non-hydrogen) atoms. The number of hydrogen-bond acceptors (Lipinski definition) is 6. The molecule has 0 aromatic carbocycles. The topological polar surface area (TPSA) is 71.8 Å². The standard InChI is InChI=1S/C13H20ClN7/c1-5-9-10(8-20(4)19-9)15-12-16-11(14)17-13(18-12)21(6-2)7-3/h8H,5-7H2,1-4H3,(H,15,16,17,18). The van der Waals surface area contributed by atoms with Gasteiger partial charge in [-0.15, -0.1) is 0 Å². The second-order valence-electron chi connectivity index (χ2n) is 4.54. The molecular formula is C13H20ClN7. The van der Waals surface area contributed by atoms with E-state index in [0.717, 1.165) is 30.9 Å². The van der Waals surface area contributed by atoms with Gasteiger partial charge in [0.25, 0.3) is 0 Å². The molecule has 0 aliphatic rings. The molecule has 114 valence electrons. The molecule has 2 rings (SSSR count). The predicted octanol–water partition coefficient (Wildman–Crippen LogP) is 2.41. The molecule has 2 heterocycles. The van der Waals surface area contributed by atoms with Crippen LogP contribution in [0, 0.1) is 0 Å². The Labute approximate surface area is 129 Å². The minimum atomic E-state index is 0.177. The maximum Gasteiger partial charge on any atom is 0.233 e. The summed E-state index contributed by atoms with van der Waals surface area (Å²) in [6, 6.07) is 0. The Balaban J connectivity index is 2.31. The van der Waals surface area contributed by atoms with Crippen molar-refractivity contribution in [3.8, 4) is 0 Å². The third-order valence-corrected chi connectivity index (χ3v) is 3.30. The van der Waals surface area contributed by atoms with Gasteiger partial charge >= 0.3 is 0 Å². The van der Waals surface area contributed by atoms with Crippen molar-refractivity contribution in [2.75, 3.05) is 23.3 Å². The first-order chi connectivity index (χ1) is 10.1. The fraction of sp³-hybridized carbons (Fsp3) is 0.538. The summed E-state index contributed by atoms with van der Waals surface area (Å²) in [6.45, 7) is 7.76. The molecule has 0 unspecified atom stereocenters. The lowest BCUT2D eigenvalue weighted by molar-refractivity contribution is 0.746. The lowest BCUT2D eigenvalue weighted by Crippen LogP contribution is -2.24. The van der Waals surface area contributed by atoms with Crippen molar-refractivity contribution in [3.05, 3.63) is 17.2 Å². The minimum absolute atomic E-state index is 0.177. The van der Waals surface area contributed by atoms with Gasteiger partial charge in [0.05, 0.1) is 11.4 Å². The summed E-state index contributed by atoms with van der Waals surface area (Å²) < 4.78 is 1.76. The van der Waals surface area contributed by atoms with Crippen LogP contribution in [0.5, 0.6) is 0 Å². The van der Waals surface area contributed by atoms with E-state index >= 15 is 0 Å². The van der Waals surface area contributed by atoms with Gasteiger partial charge < -0.3 is 10.2 Å². The number of halogens is 1. The molecule has 0 radical (unpaired) electrons. The van der Waals surface area contributed by atoms with E-state index in [2.05, 4.69) is 32.3 Å². The van der Waals surface area contributed by atoms with Crippen LogP contribution in [0.4, 0.5) is 17.6 Å². The van der Waals surface area contributed by atoms with Gasteiger partial charge in [-0.05, 0) is 31.9 Å². The van der Waals surface area contributed by atoms with Crippen LogP contribution in [-0.2, 0) is 13.5 Å². The van der Waals surface area contributed by atoms with Crippen LogP contribution in [0.25, 0.3) is 0 Å². The second kappa shape index (κ2) is 6.71. The molecule has 0 fully saturated rings. The summed E-state index contributed by atoms with van der Waals surface area (Å²) in [5.41, 5.74) is 1.84. The van der Waals surface area contributed by atoms with Gasteiger partial charge in [-0.1, -0.05) is 6.92 Å². The molecule has 0 bridgehead atoms. The molecule has 0 spiro atoms. The first-order valence-corrected chi connectivity index (χ1v) is 7.41. The maximum atomic E-state index is 6.00. The van der Waals surface area contributed by atoms with E-state index in [-0.39, 0.29) is 5.28 Å². The average Bonchev–Trinajstić information content (AvgIpc) is 2.79. The van der Waals surface area contributed by atoms with Crippen LogP contribution in [0.2, 0.25) is 5.28 Å². The predicted molar refractivity (Wildman–Crippen MR) is 84.3 cm³/mol. The number of rotatable bonds is 6. The van der Waals surface area contributed by atoms with E-state index in [1.54, 1.807) is 4.68 Å². The number of hydrogen-bond donors (Lipinski definition) is 1. The van der Waals surface area contributed by atoms with E-state index in [1.807, 2.05) is 32.0 Å². The van der Waals surface area contributed by atoms with Crippen molar-refractivity contribution < 1.29 is 0 Å². The van der Waals surface area contributed by atoms with Crippen LogP contribution in [-0.4, -0.2) is 37.8 Å². The zero-order chi connectivity index (χ0) is 15.4. The highest BCUT2D eigenvalue weighted by molar-refractivity contribution is 6.28. The van der Waals surface area contributed by atoms with Crippen molar-refractivity contribution in [1.82, 2.24) is 24.7 Å². The average molecular weight is 310 g/mol. The Bertz CT molecular complexity index is 607. The molecule has 8 heteroatoms. The first-order valence-electron chi connectivity index (χ1n) is 7.03. The first kappa shape index (κ1) is 15.5. The molecule has 1 N–H and O–H groups in total. The van der Waals surface area contributed by atoms with Crippen LogP contribution in [0.3, 0.4) is 0 Å². The van der Waals surface area contributed by atoms with Gasteiger partial charge in [-0.2, -0.15) is 20.1 Å². The van der Waals surface area contributed by atoms with Crippen molar-refractivity contribution in [3.63, 3.8) is 0 Å². The van der Waals surface area contributed by atoms with Crippen molar-refractivity contribution in [1.29, 1.82) is 0 Å². The lowest BCUT2D eigenvalue weighted by Gasteiger charge is -2.18. The molecular weight excluding hydrogens is 290 g/mol. The highest BCUT2D eigenvalue weighted by atomic mass is 35.5. The summed E-state index contributed by atoms with van der Waals surface area (Å²) >= 11 is 6.00. The summed E-state index contributed by atoms with van der Waals surface area (Å²) in [5, 5.41) is 7.73. The fourth-order valence-corrected chi connectivity index (χ4v) is 2.22. The van der Waals surface area contributed by atoms with Crippen LogP contribution >= 0.6 is 11.6 Å². The molecule has 0 amide bonds. The van der Waals surface area contributed by atoms with E-state index in [9.17, 15) is 0 Å². The normalized spacial score (nSPS) is 10.7. The summed E-state index contributed by atoms with van der Waals surface area (Å²) in [5.74, 6) is 1.00. The summed E-state index contributed by atoms with van der Waals surface area (Å²) in [4.78, 5) is 14.7. The third kappa shape index (κ3) is 3.60. The Morgan fingerprint density at radius 1 is 1.19 bits per heavy atom. The van der Waals surface area contributed by atoms with Gasteiger partial charge in [-0.3, -0.25) is 4.68 Å². The maximum absolute atomic E-state index is 6.00. The van der Waals surface area contributed by atoms with Gasteiger partial charge in [0.1, 0.15) is 0 Å². The van der Waals surface area contributed by atoms with Crippen molar-refractivity contribution in [2.45, 2.75) is 27.2 Å². The van der Waals surface area contributed by atoms with E-state index in [4.69, 9.17) is 11.6 Å². The van der Waals surface area contributed by atoms with Crippen molar-refractivity contribution >= 4 is 29.2 Å². The fourth-order valence-electron chi connectivity index (χ4n) is 2.06. The lowest BCUT2D eigenvalue weighted by atomic mass is 10.3. The van der Waals surface area contributed by atoms with Gasteiger partial charge in [0.15, 0.2) is 0 Å². The van der Waals surface area contributed by atoms with Crippen LogP contribution < -0.4 is 10.2 Å². The summed E-state index contributed by atoms with van der Waals surface area (Å²) in [7, 11) is 1.88. The number of aryl methyl sites for hydroxylation is 2. The zero-order valence-electron chi connectivity index (χ0n) is 12.8. The molecule has 0 aliphatic heterocycles. The van der Waals surface area contributed by atoms with E-state index in [1.165, 1.54) is 0 Å². The number of nitrogens with zero attached hydrogens (tertiary/aromatic N) is 6. The zero-order valence-corrected chi connectivity index (χ0v) is 13.5. The van der Waals surface area contributed by atoms with E-state index < -0.39 is 0 Å². The molecule has 7 nitrogen and oxygen atoms in total. The SMILES string of the molecule is CCc1nn(C)cc1Nc1nc(Cl)nc(N(CC)CC)n1. The molecule has 0 saturated heterocycles. The van der Waals surface area contributed by atoms with Gasteiger partial charge in [0.2, 0.25) is 17.2 Å². The van der Waals surface area contributed by atoms with Crippen LogP contribution in [0.1, 0.15) is 26.5 Å². The number of nitrogens with one attached hydrogen (secondary N) is 1. The molecule has 2 aromatic heterocycles. The second-order valence-corrected chi connectivity index (χ2v) is 4.88. The molecule has 2 aromatic rings. The highest BCUT2D eigenvalue weighted by Crippen LogP contribution is 2.20. The highest BCUT2D eigenvalue weighted by Gasteiger charge is 2.12.